The van der Waals surface area contributed by atoms with Crippen molar-refractivity contribution in [1.82, 2.24) is 15.2 Å². The van der Waals surface area contributed by atoms with Gasteiger partial charge in [-0.25, -0.2) is 4.98 Å². The molecule has 1 aromatic heterocycles. The first-order valence-corrected chi connectivity index (χ1v) is 13.8. The highest BCUT2D eigenvalue weighted by Crippen LogP contribution is 2.41. The quantitative estimate of drug-likeness (QED) is 0.193. The summed E-state index contributed by atoms with van der Waals surface area (Å²) in [7, 11) is 5.28. The third-order valence-corrected chi connectivity index (χ3v) is 8.95. The Labute approximate surface area is 232 Å². The molecule has 0 radical (unpaired) electrons. The molecule has 2 unspecified atom stereocenters. The van der Waals surface area contributed by atoms with Gasteiger partial charge in [-0.3, -0.25) is 14.5 Å². The molecule has 0 bridgehead atoms. The highest BCUT2D eigenvalue weighted by atomic mass is 35.5. The second-order valence-electron chi connectivity index (χ2n) is 9.46. The number of nitrogens with one attached hydrogen (secondary N) is 1. The molecule has 2 aliphatic heterocycles. The molecule has 38 heavy (non-hydrogen) atoms. The smallest absolute Gasteiger partial charge is 0.276 e. The Hall–Kier alpha value is -3.13. The fraction of sp³-hybridized carbons (Fsp3) is 0.375. The van der Waals surface area contributed by atoms with Crippen LogP contribution in [-0.2, 0) is 19.2 Å². The minimum Gasteiger partial charge on any atom is -0.543 e. The largest absolute Gasteiger partial charge is 0.543 e. The summed E-state index contributed by atoms with van der Waals surface area (Å²) in [5.74, 6) is -2.30. The van der Waals surface area contributed by atoms with Crippen LogP contribution in [0.3, 0.4) is 0 Å². The maximum atomic E-state index is 13.1. The average molecular weight is 579 g/mol. The topological polar surface area (TPSA) is 150 Å². The Bertz CT molecular complexity index is 1330. The van der Waals surface area contributed by atoms with Gasteiger partial charge in [0.25, 0.3) is 11.8 Å². The van der Waals surface area contributed by atoms with Crippen molar-refractivity contribution in [3.05, 3.63) is 57.2 Å². The zero-order valence-corrected chi connectivity index (χ0v) is 23.5. The number of likely N-dealkylation sites (N-methyl/N-ethyl adjacent to an activating group) is 1. The normalized spacial score (nSPS) is 20.5. The molecule has 2 amide bonds. The molecule has 0 saturated carbocycles. The lowest BCUT2D eigenvalue weighted by Crippen LogP contribution is -2.71. The van der Waals surface area contributed by atoms with Crippen LogP contribution in [-0.4, -0.2) is 82.8 Å². The van der Waals surface area contributed by atoms with E-state index < -0.39 is 29.2 Å². The van der Waals surface area contributed by atoms with Crippen LogP contribution in [0, 0.1) is 0 Å². The summed E-state index contributed by atoms with van der Waals surface area (Å²) in [5, 5.41) is 20.4. The number of aromatic nitrogens is 1. The number of oxime groups is 1. The fourth-order valence-corrected chi connectivity index (χ4v) is 6.48. The Morgan fingerprint density at radius 3 is 2.63 bits per heavy atom. The number of carbonyl (C=O) groups excluding carboxylic acids is 3. The molecule has 4 rings (SSSR count). The van der Waals surface area contributed by atoms with Gasteiger partial charge in [0.15, 0.2) is 10.8 Å². The van der Waals surface area contributed by atoms with Crippen LogP contribution in [0.5, 0.6) is 0 Å². The number of nitrogens with two attached hydrogens (primary N) is 1. The van der Waals surface area contributed by atoms with Crippen LogP contribution in [0.15, 0.2) is 46.1 Å². The first-order valence-electron chi connectivity index (χ1n) is 11.5. The zero-order valence-electron chi connectivity index (χ0n) is 21.1. The number of amides is 2. The number of hydrogen-bond donors (Lipinski definition) is 2. The van der Waals surface area contributed by atoms with Crippen LogP contribution in [0.25, 0.3) is 0 Å². The molecule has 0 spiro atoms. The molecule has 2 aromatic rings. The highest BCUT2D eigenvalue weighted by Gasteiger charge is 2.53. The number of aliphatic carboxylic acids is 1. The lowest BCUT2D eigenvalue weighted by molar-refractivity contribution is -0.914. The summed E-state index contributed by atoms with van der Waals surface area (Å²) in [5.41, 5.74) is 7.23. The Morgan fingerprint density at radius 2 is 2.05 bits per heavy atom. The van der Waals surface area contributed by atoms with Crippen molar-refractivity contribution in [3.8, 4) is 0 Å². The number of carboxylic acids is 1. The van der Waals surface area contributed by atoms with Crippen molar-refractivity contribution in [3.63, 3.8) is 0 Å². The molecule has 0 aliphatic carbocycles. The molecule has 3 atom stereocenters. The van der Waals surface area contributed by atoms with E-state index in [1.54, 1.807) is 5.38 Å². The second kappa shape index (κ2) is 10.9. The first kappa shape index (κ1) is 27.9. The third-order valence-electron chi connectivity index (χ3n) is 6.69. The summed E-state index contributed by atoms with van der Waals surface area (Å²) in [6.45, 7) is 2.43. The summed E-state index contributed by atoms with van der Waals surface area (Å²) in [6, 6.07) is 6.60. The van der Waals surface area contributed by atoms with Gasteiger partial charge in [0.05, 0.1) is 25.8 Å². The summed E-state index contributed by atoms with van der Waals surface area (Å²) in [4.78, 5) is 48.3. The second-order valence-corrected chi connectivity index (χ2v) is 11.9. The number of β-lactam (4-membered cyclic amide) rings is 1. The van der Waals surface area contributed by atoms with E-state index in [4.69, 9.17) is 22.2 Å². The molecule has 1 aromatic carbocycles. The number of carbonyl (C=O) groups is 3. The van der Waals surface area contributed by atoms with Crippen molar-refractivity contribution >= 4 is 63.3 Å². The maximum Gasteiger partial charge on any atom is 0.276 e. The maximum absolute atomic E-state index is 13.1. The molecule has 202 valence electrons. The lowest BCUT2D eigenvalue weighted by Gasteiger charge is -2.51. The molecular formula is C24H27ClN6O5S2. The number of nitrogen functional groups attached to an aromatic ring is 1. The van der Waals surface area contributed by atoms with E-state index in [2.05, 4.69) is 22.4 Å². The van der Waals surface area contributed by atoms with Crippen molar-refractivity contribution in [2.24, 2.45) is 5.16 Å². The molecule has 14 heteroatoms. The van der Waals surface area contributed by atoms with Crippen LogP contribution < -0.4 is 16.2 Å². The van der Waals surface area contributed by atoms with Gasteiger partial charge >= 0.3 is 0 Å². The first-order chi connectivity index (χ1) is 17.9. The number of carboxylic acid groups (broad SMARTS) is 1. The van der Waals surface area contributed by atoms with Crippen LogP contribution in [0.1, 0.15) is 24.2 Å². The fourth-order valence-electron chi connectivity index (χ4n) is 4.47. The zero-order chi connectivity index (χ0) is 27.8. The SMILES string of the molecule is CO/N=C(\C(=O)N[C@@H]1C(=O)N2C(C(=O)[O-])=C(C[N+](C)(C)C(C)c3ccc(Cl)cc3)CSC12)c1csc(N)n1. The minimum atomic E-state index is -1.43. The monoisotopic (exact) mass is 578 g/mol. The van der Waals surface area contributed by atoms with Gasteiger partial charge in [0, 0.05) is 27.3 Å². The number of fused-ring (bicyclic) bond motifs is 1. The summed E-state index contributed by atoms with van der Waals surface area (Å²) < 4.78 is 0.439. The number of rotatable bonds is 9. The van der Waals surface area contributed by atoms with Crippen molar-refractivity contribution in [2.75, 3.05) is 39.2 Å². The van der Waals surface area contributed by atoms with Gasteiger partial charge in [-0.15, -0.1) is 23.1 Å². The average Bonchev–Trinajstić information content (AvgIpc) is 3.30. The van der Waals surface area contributed by atoms with Gasteiger partial charge < -0.3 is 30.3 Å². The van der Waals surface area contributed by atoms with E-state index in [0.717, 1.165) is 16.9 Å². The number of quaternary nitrogens is 1. The predicted molar refractivity (Wildman–Crippen MR) is 144 cm³/mol. The number of halogens is 1. The van der Waals surface area contributed by atoms with Crippen molar-refractivity contribution in [1.29, 1.82) is 0 Å². The summed E-state index contributed by atoms with van der Waals surface area (Å²) >= 11 is 8.54. The molecule has 1 fully saturated rings. The van der Waals surface area contributed by atoms with E-state index in [9.17, 15) is 19.5 Å². The molecule has 2 aliphatic rings. The van der Waals surface area contributed by atoms with Crippen molar-refractivity contribution < 1.29 is 28.8 Å². The van der Waals surface area contributed by atoms with E-state index in [1.165, 1.54) is 23.8 Å². The highest BCUT2D eigenvalue weighted by molar-refractivity contribution is 8.00. The number of hydrogen-bond acceptors (Lipinski definition) is 10. The lowest BCUT2D eigenvalue weighted by atomic mass is 10.0. The molecule has 3 N–H and O–H groups in total. The number of thioether (sulfide) groups is 1. The minimum absolute atomic E-state index is 0.0165. The Kier molecular flexibility index (Phi) is 8.02. The number of nitrogens with zero attached hydrogens (tertiary/aromatic N) is 4. The van der Waals surface area contributed by atoms with E-state index in [0.29, 0.717) is 27.4 Å². The van der Waals surface area contributed by atoms with Crippen LogP contribution in [0.4, 0.5) is 5.13 Å². The molecule has 3 heterocycles. The number of benzene rings is 1. The van der Waals surface area contributed by atoms with E-state index in [-0.39, 0.29) is 28.3 Å². The van der Waals surface area contributed by atoms with Gasteiger partial charge in [-0.1, -0.05) is 28.9 Å². The molecule has 1 saturated heterocycles. The third kappa shape index (κ3) is 5.37. The standard InChI is InChI=1S/C24H27ClN6O5S2/c1-12(13-5-7-15(25)8-6-13)31(2,3)9-14-10-37-22-18(21(33)30(22)19(14)23(34)35)28-20(32)17(29-36-4)16-11-38-24(26)27-16/h5-8,11-12,18,22H,9-10H2,1-4H3,(H3-,26,27,28,32,34,35)/b29-17-/t12?,18-,22?/m1/s1. The van der Waals surface area contributed by atoms with Crippen LogP contribution in [0.2, 0.25) is 5.02 Å². The molecular weight excluding hydrogens is 552 g/mol. The van der Waals surface area contributed by atoms with Gasteiger partial charge in [0.1, 0.15) is 36.8 Å². The van der Waals surface area contributed by atoms with Gasteiger partial charge in [-0.05, 0) is 19.1 Å². The Morgan fingerprint density at radius 1 is 1.37 bits per heavy atom. The predicted octanol–water partition coefficient (Wildman–Crippen LogP) is 0.971. The van der Waals surface area contributed by atoms with E-state index >= 15 is 0 Å². The Balaban J connectivity index is 1.53. The van der Waals surface area contributed by atoms with Gasteiger partial charge in [0.2, 0.25) is 0 Å². The van der Waals surface area contributed by atoms with Crippen LogP contribution >= 0.6 is 34.7 Å². The van der Waals surface area contributed by atoms with Gasteiger partial charge in [-0.2, -0.15) is 0 Å². The van der Waals surface area contributed by atoms with Crippen molar-refractivity contribution in [2.45, 2.75) is 24.4 Å². The number of thiazole rings is 1. The number of anilines is 1. The summed E-state index contributed by atoms with van der Waals surface area (Å²) in [6.07, 6.45) is 0. The molecule has 11 nitrogen and oxygen atoms in total. The van der Waals surface area contributed by atoms with E-state index in [1.807, 2.05) is 38.4 Å².